The van der Waals surface area contributed by atoms with E-state index in [-0.39, 0.29) is 0 Å². The van der Waals surface area contributed by atoms with Crippen LogP contribution in [-0.2, 0) is 6.54 Å². The molecule has 0 saturated carbocycles. The molecule has 0 aliphatic rings. The maximum absolute atomic E-state index is 12.5. The van der Waals surface area contributed by atoms with Crippen LogP contribution in [0.2, 0.25) is 0 Å². The lowest BCUT2D eigenvalue weighted by atomic mass is 10.0. The van der Waals surface area contributed by atoms with Crippen molar-refractivity contribution in [1.29, 1.82) is 0 Å². The minimum absolute atomic E-state index is 0.304. The Balaban J connectivity index is 1.80. The predicted molar refractivity (Wildman–Crippen MR) is 99.5 cm³/mol. The average Bonchev–Trinajstić information content (AvgIpc) is 3.12. The number of ether oxygens (including phenoxy) is 1. The van der Waals surface area contributed by atoms with Crippen LogP contribution in [0.4, 0.5) is 19.3 Å². The third-order valence-corrected chi connectivity index (χ3v) is 3.93. The number of para-hydroxylation sites is 1. The van der Waals surface area contributed by atoms with E-state index in [1.165, 1.54) is 12.4 Å². The summed E-state index contributed by atoms with van der Waals surface area (Å²) in [6.45, 7) is -0.541. The number of hydrogen-bond acceptors (Lipinski definition) is 4. The highest BCUT2D eigenvalue weighted by Gasteiger charge is 2.21. The fourth-order valence-corrected chi connectivity index (χ4v) is 2.73. The number of nitrogens with one attached hydrogen (secondary N) is 2. The molecule has 1 unspecified atom stereocenters. The molecule has 146 valence electrons. The quantitative estimate of drug-likeness (QED) is 0.651. The highest BCUT2D eigenvalue weighted by atomic mass is 19.3. The molecule has 0 radical (unpaired) electrons. The summed E-state index contributed by atoms with van der Waals surface area (Å²) < 4.78 is 31.3. The second-order valence-electron chi connectivity index (χ2n) is 5.87. The van der Waals surface area contributed by atoms with Crippen molar-refractivity contribution >= 4 is 11.7 Å². The number of hydrogen-bond donors (Lipinski definition) is 2. The number of alkyl halides is 2. The van der Waals surface area contributed by atoms with Crippen LogP contribution >= 0.6 is 0 Å². The maximum Gasteiger partial charge on any atom is 0.320 e. The molecule has 0 saturated heterocycles. The number of halogens is 2. The number of carbonyl (C=O) groups excluding carboxylic acids is 1. The second kappa shape index (κ2) is 8.94. The molecule has 3 rings (SSSR count). The van der Waals surface area contributed by atoms with Gasteiger partial charge in [0.2, 0.25) is 0 Å². The van der Waals surface area contributed by atoms with Crippen LogP contribution in [0.25, 0.3) is 0 Å². The van der Waals surface area contributed by atoms with Crippen LogP contribution in [0.15, 0.2) is 61.1 Å². The number of methoxy groups -OCH3 is 1. The van der Waals surface area contributed by atoms with Crippen LogP contribution in [0.3, 0.4) is 0 Å². The van der Waals surface area contributed by atoms with Gasteiger partial charge in [-0.25, -0.2) is 13.6 Å². The number of aromatic nitrogens is 3. The van der Waals surface area contributed by atoms with Gasteiger partial charge in [0.15, 0.2) is 0 Å². The van der Waals surface area contributed by atoms with Gasteiger partial charge >= 0.3 is 6.03 Å². The molecule has 0 aliphatic heterocycles. The first-order valence-electron chi connectivity index (χ1n) is 8.49. The molecule has 0 fully saturated rings. The zero-order chi connectivity index (χ0) is 19.9. The number of nitrogens with zero attached hydrogens (tertiary/aromatic N) is 3. The van der Waals surface area contributed by atoms with E-state index in [4.69, 9.17) is 4.74 Å². The van der Waals surface area contributed by atoms with E-state index in [0.717, 1.165) is 10.2 Å². The van der Waals surface area contributed by atoms with E-state index < -0.39 is 25.0 Å². The Labute approximate surface area is 160 Å². The number of urea groups is 1. The Morgan fingerprint density at radius 3 is 2.71 bits per heavy atom. The number of carbonyl (C=O) groups is 1. The molecule has 3 aromatic rings. The number of anilines is 1. The maximum atomic E-state index is 12.5. The molecule has 0 aliphatic carbocycles. The molecule has 28 heavy (non-hydrogen) atoms. The molecule has 2 amide bonds. The van der Waals surface area contributed by atoms with Crippen LogP contribution in [0, 0.1) is 0 Å². The minimum Gasteiger partial charge on any atom is -0.496 e. The first-order valence-corrected chi connectivity index (χ1v) is 8.49. The Morgan fingerprint density at radius 1 is 1.21 bits per heavy atom. The van der Waals surface area contributed by atoms with Gasteiger partial charge in [-0.05, 0) is 18.2 Å². The van der Waals surface area contributed by atoms with Gasteiger partial charge in [-0.15, -0.1) is 0 Å². The standard InChI is InChI=1S/C19H19F2N5O2/c1-28-16-8-3-2-6-14(16)18(15-7-4-5-9-22-15)25-19(27)24-13-10-23-26(11-13)12-17(20)21/h2-11,17-18H,12H2,1H3,(H2,24,25,27). The van der Waals surface area contributed by atoms with Gasteiger partial charge in [-0.1, -0.05) is 24.3 Å². The van der Waals surface area contributed by atoms with Crippen LogP contribution in [0.1, 0.15) is 17.3 Å². The fraction of sp³-hybridized carbons (Fsp3) is 0.211. The van der Waals surface area contributed by atoms with Crippen molar-refractivity contribution in [2.75, 3.05) is 12.4 Å². The summed E-state index contributed by atoms with van der Waals surface area (Å²) in [7, 11) is 1.55. The smallest absolute Gasteiger partial charge is 0.320 e. The molecule has 7 nitrogen and oxygen atoms in total. The van der Waals surface area contributed by atoms with Crippen molar-refractivity contribution in [3.8, 4) is 5.75 Å². The highest BCUT2D eigenvalue weighted by Crippen LogP contribution is 2.29. The zero-order valence-corrected chi connectivity index (χ0v) is 15.0. The Kier molecular flexibility index (Phi) is 6.15. The molecule has 9 heteroatoms. The molecule has 1 atom stereocenters. The SMILES string of the molecule is COc1ccccc1C(NC(=O)Nc1cnn(CC(F)F)c1)c1ccccn1. The van der Waals surface area contributed by atoms with Crippen molar-refractivity contribution < 1.29 is 18.3 Å². The Bertz CT molecular complexity index is 917. The largest absolute Gasteiger partial charge is 0.496 e. The molecule has 0 bridgehead atoms. The summed E-state index contributed by atoms with van der Waals surface area (Å²) in [6.07, 6.45) is 1.75. The van der Waals surface area contributed by atoms with Gasteiger partial charge in [-0.3, -0.25) is 9.67 Å². The van der Waals surface area contributed by atoms with E-state index >= 15 is 0 Å². The molecule has 2 aromatic heterocycles. The molecular formula is C19H19F2N5O2. The highest BCUT2D eigenvalue weighted by molar-refractivity contribution is 5.89. The van der Waals surface area contributed by atoms with Gasteiger partial charge in [0, 0.05) is 18.0 Å². The lowest BCUT2D eigenvalue weighted by Gasteiger charge is -2.21. The summed E-state index contributed by atoms with van der Waals surface area (Å²) >= 11 is 0. The van der Waals surface area contributed by atoms with Crippen molar-refractivity contribution in [3.05, 3.63) is 72.3 Å². The topological polar surface area (TPSA) is 81.1 Å². The Hall–Kier alpha value is -3.49. The van der Waals surface area contributed by atoms with Crippen LogP contribution in [-0.4, -0.2) is 34.3 Å². The van der Waals surface area contributed by atoms with Crippen LogP contribution < -0.4 is 15.4 Å². The second-order valence-corrected chi connectivity index (χ2v) is 5.87. The summed E-state index contributed by atoms with van der Waals surface area (Å²) in [5.41, 5.74) is 1.65. The fourth-order valence-electron chi connectivity index (χ4n) is 2.73. The number of rotatable bonds is 7. The normalized spacial score (nSPS) is 11.9. The number of pyridine rings is 1. The summed E-state index contributed by atoms with van der Waals surface area (Å²) in [6, 6.07) is 11.6. The predicted octanol–water partition coefficient (Wildman–Crippen LogP) is 3.46. The Morgan fingerprint density at radius 2 is 2.00 bits per heavy atom. The third kappa shape index (κ3) is 4.81. The van der Waals surface area contributed by atoms with E-state index in [1.807, 2.05) is 24.3 Å². The lowest BCUT2D eigenvalue weighted by molar-refractivity contribution is 0.122. The number of benzene rings is 1. The van der Waals surface area contributed by atoms with Gasteiger partial charge in [0.05, 0.1) is 24.7 Å². The summed E-state index contributed by atoms with van der Waals surface area (Å²) in [5.74, 6) is 0.600. The first kappa shape index (κ1) is 19.3. The van der Waals surface area contributed by atoms with E-state index in [0.29, 0.717) is 17.1 Å². The van der Waals surface area contributed by atoms with Crippen molar-refractivity contribution in [2.45, 2.75) is 19.0 Å². The lowest BCUT2D eigenvalue weighted by Crippen LogP contribution is -2.33. The van der Waals surface area contributed by atoms with Crippen LogP contribution in [0.5, 0.6) is 5.75 Å². The molecule has 1 aromatic carbocycles. The summed E-state index contributed by atoms with van der Waals surface area (Å²) in [5, 5.41) is 9.24. The minimum atomic E-state index is -2.53. The van der Waals surface area contributed by atoms with Crippen molar-refractivity contribution in [1.82, 2.24) is 20.1 Å². The third-order valence-electron chi connectivity index (χ3n) is 3.93. The number of amides is 2. The van der Waals surface area contributed by atoms with Crippen molar-refractivity contribution in [3.63, 3.8) is 0 Å². The molecular weight excluding hydrogens is 368 g/mol. The monoisotopic (exact) mass is 387 g/mol. The average molecular weight is 387 g/mol. The van der Waals surface area contributed by atoms with E-state index in [9.17, 15) is 13.6 Å². The van der Waals surface area contributed by atoms with E-state index in [2.05, 4.69) is 20.7 Å². The van der Waals surface area contributed by atoms with Gasteiger partial charge < -0.3 is 15.4 Å². The van der Waals surface area contributed by atoms with Crippen molar-refractivity contribution in [2.24, 2.45) is 0 Å². The first-order chi connectivity index (χ1) is 13.6. The molecule has 2 N–H and O–H groups in total. The van der Waals surface area contributed by atoms with Gasteiger partial charge in [-0.2, -0.15) is 5.10 Å². The zero-order valence-electron chi connectivity index (χ0n) is 15.0. The van der Waals surface area contributed by atoms with Gasteiger partial charge in [0.25, 0.3) is 6.43 Å². The van der Waals surface area contributed by atoms with E-state index in [1.54, 1.807) is 31.5 Å². The summed E-state index contributed by atoms with van der Waals surface area (Å²) in [4.78, 5) is 16.9. The molecule has 2 heterocycles. The molecule has 0 spiro atoms. The van der Waals surface area contributed by atoms with Gasteiger partial charge in [0.1, 0.15) is 18.3 Å².